The third-order valence-electron chi connectivity index (χ3n) is 2.81. The Hall–Kier alpha value is -0.850. The summed E-state index contributed by atoms with van der Waals surface area (Å²) in [6.45, 7) is 1.95. The number of amides is 1. The van der Waals surface area contributed by atoms with Crippen LogP contribution in [0.15, 0.2) is 38.6 Å². The average Bonchev–Trinajstić information content (AvgIpc) is 2.79. The van der Waals surface area contributed by atoms with E-state index < -0.39 is 0 Å². The van der Waals surface area contributed by atoms with E-state index >= 15 is 0 Å². The van der Waals surface area contributed by atoms with E-state index in [9.17, 15) is 4.79 Å². The second-order valence-electron chi connectivity index (χ2n) is 4.20. The number of benzene rings is 1. The molecular weight excluding hydrogens is 406 g/mol. The van der Waals surface area contributed by atoms with Gasteiger partial charge in [-0.2, -0.15) is 0 Å². The second kappa shape index (κ2) is 6.74. The molecule has 1 aromatic carbocycles. The SMILES string of the molecule is COc1cccc([C@H](C)NC(=O)c2cc(Br)c(Br)s2)c1. The van der Waals surface area contributed by atoms with Gasteiger partial charge < -0.3 is 10.1 Å². The molecule has 1 heterocycles. The number of carbonyl (C=O) groups excluding carboxylic acids is 1. The summed E-state index contributed by atoms with van der Waals surface area (Å²) in [6, 6.07) is 9.40. The maximum absolute atomic E-state index is 12.2. The van der Waals surface area contributed by atoms with Gasteiger partial charge >= 0.3 is 0 Å². The second-order valence-corrected chi connectivity index (χ2v) is 7.43. The lowest BCUT2D eigenvalue weighted by Gasteiger charge is -2.14. The summed E-state index contributed by atoms with van der Waals surface area (Å²) in [5.74, 6) is 0.696. The number of hydrogen-bond acceptors (Lipinski definition) is 3. The Balaban J connectivity index is 2.10. The summed E-state index contributed by atoms with van der Waals surface area (Å²) in [6.07, 6.45) is 0. The van der Waals surface area contributed by atoms with E-state index in [1.807, 2.05) is 37.3 Å². The highest BCUT2D eigenvalue weighted by Crippen LogP contribution is 2.32. The number of halogens is 2. The van der Waals surface area contributed by atoms with Gasteiger partial charge in [-0.15, -0.1) is 11.3 Å². The van der Waals surface area contributed by atoms with Crippen molar-refractivity contribution in [3.63, 3.8) is 0 Å². The molecule has 1 atom stereocenters. The van der Waals surface area contributed by atoms with Crippen LogP contribution in [0.25, 0.3) is 0 Å². The van der Waals surface area contributed by atoms with Gasteiger partial charge in [0.05, 0.1) is 21.8 Å². The van der Waals surface area contributed by atoms with Crippen molar-refractivity contribution >= 4 is 49.1 Å². The summed E-state index contributed by atoms with van der Waals surface area (Å²) in [5.41, 5.74) is 1.01. The molecule has 0 aliphatic rings. The normalized spacial score (nSPS) is 12.0. The van der Waals surface area contributed by atoms with Crippen LogP contribution in [0, 0.1) is 0 Å². The molecule has 0 aliphatic heterocycles. The number of thiophene rings is 1. The Labute approximate surface area is 138 Å². The smallest absolute Gasteiger partial charge is 0.261 e. The Kier molecular flexibility index (Phi) is 5.23. The van der Waals surface area contributed by atoms with Crippen molar-refractivity contribution in [2.24, 2.45) is 0 Å². The predicted octanol–water partition coefficient (Wildman–Crippen LogP) is 4.77. The Morgan fingerprint density at radius 2 is 2.10 bits per heavy atom. The predicted molar refractivity (Wildman–Crippen MR) is 88.6 cm³/mol. The minimum Gasteiger partial charge on any atom is -0.497 e. The molecular formula is C14H13Br2NO2S. The van der Waals surface area contributed by atoms with Crippen LogP contribution in [-0.4, -0.2) is 13.0 Å². The van der Waals surface area contributed by atoms with Gasteiger partial charge in [0, 0.05) is 4.47 Å². The van der Waals surface area contributed by atoms with Crippen LogP contribution < -0.4 is 10.1 Å². The number of hydrogen-bond donors (Lipinski definition) is 1. The van der Waals surface area contributed by atoms with E-state index in [-0.39, 0.29) is 11.9 Å². The van der Waals surface area contributed by atoms with Crippen molar-refractivity contribution in [3.8, 4) is 5.75 Å². The molecule has 3 nitrogen and oxygen atoms in total. The number of ether oxygens (including phenoxy) is 1. The van der Waals surface area contributed by atoms with Gasteiger partial charge in [-0.25, -0.2) is 0 Å². The van der Waals surface area contributed by atoms with Crippen LogP contribution in [0.5, 0.6) is 5.75 Å². The first-order chi connectivity index (χ1) is 9.51. The first kappa shape index (κ1) is 15.5. The first-order valence-corrected chi connectivity index (χ1v) is 8.31. The summed E-state index contributed by atoms with van der Waals surface area (Å²) in [5, 5.41) is 2.98. The number of carbonyl (C=O) groups is 1. The molecule has 0 fully saturated rings. The highest BCUT2D eigenvalue weighted by Gasteiger charge is 2.15. The highest BCUT2D eigenvalue weighted by molar-refractivity contribution is 9.13. The van der Waals surface area contributed by atoms with Gasteiger partial charge in [0.1, 0.15) is 5.75 Å². The summed E-state index contributed by atoms with van der Waals surface area (Å²) in [7, 11) is 1.63. The largest absolute Gasteiger partial charge is 0.497 e. The molecule has 0 saturated heterocycles. The van der Waals surface area contributed by atoms with Crippen LogP contribution in [0.1, 0.15) is 28.2 Å². The lowest BCUT2D eigenvalue weighted by Crippen LogP contribution is -2.25. The fourth-order valence-electron chi connectivity index (χ4n) is 1.72. The van der Waals surface area contributed by atoms with Gasteiger partial charge in [-0.3, -0.25) is 4.79 Å². The molecule has 0 spiro atoms. The van der Waals surface area contributed by atoms with Crippen LogP contribution >= 0.6 is 43.2 Å². The molecule has 0 bridgehead atoms. The number of methoxy groups -OCH3 is 1. The molecule has 2 aromatic rings. The van der Waals surface area contributed by atoms with E-state index in [2.05, 4.69) is 37.2 Å². The van der Waals surface area contributed by atoms with Crippen LogP contribution in [0.4, 0.5) is 0 Å². The maximum atomic E-state index is 12.2. The van der Waals surface area contributed by atoms with E-state index in [0.29, 0.717) is 4.88 Å². The Morgan fingerprint density at radius 1 is 1.35 bits per heavy atom. The van der Waals surface area contributed by atoms with Gasteiger partial charge in [0.15, 0.2) is 0 Å². The topological polar surface area (TPSA) is 38.3 Å². The zero-order valence-corrected chi connectivity index (χ0v) is 14.9. The third-order valence-corrected chi connectivity index (χ3v) is 6.07. The van der Waals surface area contributed by atoms with E-state index in [4.69, 9.17) is 4.74 Å². The van der Waals surface area contributed by atoms with Crippen molar-refractivity contribution < 1.29 is 9.53 Å². The fourth-order valence-corrected chi connectivity index (χ4v) is 3.66. The van der Waals surface area contributed by atoms with Gasteiger partial charge in [-0.1, -0.05) is 12.1 Å². The van der Waals surface area contributed by atoms with E-state index in [1.165, 1.54) is 11.3 Å². The van der Waals surface area contributed by atoms with Crippen LogP contribution in [-0.2, 0) is 0 Å². The van der Waals surface area contributed by atoms with Gasteiger partial charge in [-0.05, 0) is 62.5 Å². The summed E-state index contributed by atoms with van der Waals surface area (Å²) in [4.78, 5) is 12.8. The zero-order chi connectivity index (χ0) is 14.7. The van der Waals surface area contributed by atoms with Crippen LogP contribution in [0.3, 0.4) is 0 Å². The lowest BCUT2D eigenvalue weighted by atomic mass is 10.1. The van der Waals surface area contributed by atoms with E-state index in [1.54, 1.807) is 7.11 Å². The highest BCUT2D eigenvalue weighted by atomic mass is 79.9. The Morgan fingerprint density at radius 3 is 2.70 bits per heavy atom. The van der Waals surface area contributed by atoms with Crippen molar-refractivity contribution in [1.29, 1.82) is 0 Å². The first-order valence-electron chi connectivity index (χ1n) is 5.91. The molecule has 0 saturated carbocycles. The Bertz CT molecular complexity index is 608. The standard InChI is InChI=1S/C14H13Br2NO2S/c1-8(9-4-3-5-10(6-9)19-2)17-14(18)12-7-11(15)13(16)20-12/h3-8H,1-2H3,(H,17,18)/t8-/m0/s1. The third kappa shape index (κ3) is 3.62. The molecule has 6 heteroatoms. The lowest BCUT2D eigenvalue weighted by molar-refractivity contribution is 0.0944. The molecule has 0 unspecified atom stereocenters. The molecule has 1 N–H and O–H groups in total. The van der Waals surface area contributed by atoms with Crippen molar-refractivity contribution in [1.82, 2.24) is 5.32 Å². The number of nitrogens with one attached hydrogen (secondary N) is 1. The van der Waals surface area contributed by atoms with Crippen molar-refractivity contribution in [2.75, 3.05) is 7.11 Å². The quantitative estimate of drug-likeness (QED) is 0.776. The molecule has 106 valence electrons. The molecule has 20 heavy (non-hydrogen) atoms. The van der Waals surface area contributed by atoms with Gasteiger partial charge in [0.2, 0.25) is 0 Å². The zero-order valence-electron chi connectivity index (χ0n) is 10.9. The average molecular weight is 419 g/mol. The molecule has 0 radical (unpaired) electrons. The van der Waals surface area contributed by atoms with Gasteiger partial charge in [0.25, 0.3) is 5.91 Å². The number of rotatable bonds is 4. The molecule has 0 aliphatic carbocycles. The van der Waals surface area contributed by atoms with Crippen molar-refractivity contribution in [3.05, 3.63) is 49.0 Å². The van der Waals surface area contributed by atoms with E-state index in [0.717, 1.165) is 19.6 Å². The summed E-state index contributed by atoms with van der Waals surface area (Å²) < 4.78 is 6.99. The maximum Gasteiger partial charge on any atom is 0.261 e. The monoisotopic (exact) mass is 417 g/mol. The van der Waals surface area contributed by atoms with Crippen LogP contribution in [0.2, 0.25) is 0 Å². The fraction of sp³-hybridized carbons (Fsp3) is 0.214. The molecule has 2 rings (SSSR count). The minimum atomic E-state index is -0.0864. The summed E-state index contributed by atoms with van der Waals surface area (Å²) >= 11 is 8.17. The molecule has 1 amide bonds. The molecule has 1 aromatic heterocycles. The minimum absolute atomic E-state index is 0.0859. The van der Waals surface area contributed by atoms with Crippen molar-refractivity contribution in [2.45, 2.75) is 13.0 Å².